The number of hydrogen-bond acceptors (Lipinski definition) is 3. The highest BCUT2D eigenvalue weighted by Gasteiger charge is 2.36. The van der Waals surface area contributed by atoms with Crippen LogP contribution in [0.5, 0.6) is 0 Å². The summed E-state index contributed by atoms with van der Waals surface area (Å²) in [7, 11) is 0. The normalized spacial score (nSPS) is 13.0. The van der Waals surface area contributed by atoms with Crippen LogP contribution in [0.25, 0.3) is 44.7 Å². The van der Waals surface area contributed by atoms with E-state index in [4.69, 9.17) is 9.97 Å². The van der Waals surface area contributed by atoms with Gasteiger partial charge in [0.15, 0.2) is 0 Å². The van der Waals surface area contributed by atoms with Crippen LogP contribution in [0.2, 0.25) is 0 Å². The molecular formula is C41H31N3. The van der Waals surface area contributed by atoms with Crippen molar-refractivity contribution < 1.29 is 0 Å². The summed E-state index contributed by atoms with van der Waals surface area (Å²) in [5.74, 6) is 0. The summed E-state index contributed by atoms with van der Waals surface area (Å²) in [4.78, 5) is 12.6. The van der Waals surface area contributed by atoms with Gasteiger partial charge in [0.2, 0.25) is 0 Å². The van der Waals surface area contributed by atoms with E-state index in [-0.39, 0.29) is 5.41 Å². The number of nitrogens with zero attached hydrogens (tertiary/aromatic N) is 3. The summed E-state index contributed by atoms with van der Waals surface area (Å²) in [6.07, 6.45) is 0. The summed E-state index contributed by atoms with van der Waals surface area (Å²) in [6.45, 7) is 4.68. The summed E-state index contributed by atoms with van der Waals surface area (Å²) in [6, 6.07) is 53.4. The lowest BCUT2D eigenvalue weighted by Crippen LogP contribution is -2.16. The van der Waals surface area contributed by atoms with E-state index in [0.29, 0.717) is 0 Å². The van der Waals surface area contributed by atoms with Gasteiger partial charge >= 0.3 is 0 Å². The number of hydrogen-bond donors (Lipinski definition) is 0. The zero-order chi connectivity index (χ0) is 29.7. The highest BCUT2D eigenvalue weighted by Crippen LogP contribution is 2.51. The first kappa shape index (κ1) is 26.1. The van der Waals surface area contributed by atoms with Crippen LogP contribution < -0.4 is 4.90 Å². The van der Waals surface area contributed by atoms with Crippen LogP contribution in [0.15, 0.2) is 152 Å². The van der Waals surface area contributed by atoms with E-state index in [1.807, 2.05) is 30.3 Å². The molecular weight excluding hydrogens is 534 g/mol. The molecule has 7 aromatic rings. The Hall–Kier alpha value is -5.54. The highest BCUT2D eigenvalue weighted by molar-refractivity contribution is 5.90. The molecule has 0 saturated carbocycles. The highest BCUT2D eigenvalue weighted by atomic mass is 15.1. The Kier molecular flexibility index (Phi) is 6.13. The van der Waals surface area contributed by atoms with Crippen LogP contribution in [0.1, 0.15) is 25.0 Å². The second-order valence-corrected chi connectivity index (χ2v) is 11.9. The maximum Gasteiger partial charge on any atom is 0.0973 e. The second kappa shape index (κ2) is 10.3. The Bertz CT molecular complexity index is 2100. The molecule has 0 atom stereocenters. The lowest BCUT2D eigenvalue weighted by molar-refractivity contribution is 0.660. The SMILES string of the molecule is CC1(C)c2cc(-c3nc4ccccc4nc3-c3ccccc3)ccc2-c2ccc(N(c3ccccc3)c3ccccc3)cc21. The molecule has 6 aromatic carbocycles. The number of fused-ring (bicyclic) bond motifs is 4. The van der Waals surface area contributed by atoms with Crippen LogP contribution in [0.3, 0.4) is 0 Å². The van der Waals surface area contributed by atoms with E-state index in [9.17, 15) is 0 Å². The molecule has 8 rings (SSSR count). The first-order valence-electron chi connectivity index (χ1n) is 15.1. The fraction of sp³-hybridized carbons (Fsp3) is 0.0732. The number of para-hydroxylation sites is 4. The van der Waals surface area contributed by atoms with Crippen LogP contribution in [-0.2, 0) is 5.41 Å². The van der Waals surface area contributed by atoms with Gasteiger partial charge in [0, 0.05) is 33.6 Å². The van der Waals surface area contributed by atoms with E-state index in [0.717, 1.165) is 50.6 Å². The Labute approximate surface area is 258 Å². The molecule has 3 heteroatoms. The summed E-state index contributed by atoms with van der Waals surface area (Å²) in [5, 5.41) is 0. The molecule has 0 bridgehead atoms. The van der Waals surface area contributed by atoms with Crippen molar-refractivity contribution in [2.75, 3.05) is 4.90 Å². The molecule has 1 aliphatic carbocycles. The van der Waals surface area contributed by atoms with Crippen molar-refractivity contribution in [3.05, 3.63) is 163 Å². The van der Waals surface area contributed by atoms with Gasteiger partial charge < -0.3 is 4.90 Å². The van der Waals surface area contributed by atoms with Gasteiger partial charge in [-0.05, 0) is 76.9 Å². The minimum absolute atomic E-state index is 0.201. The van der Waals surface area contributed by atoms with E-state index < -0.39 is 0 Å². The number of rotatable bonds is 5. The predicted molar refractivity (Wildman–Crippen MR) is 183 cm³/mol. The third-order valence-electron chi connectivity index (χ3n) is 8.84. The molecule has 1 heterocycles. The third-order valence-corrected chi connectivity index (χ3v) is 8.84. The van der Waals surface area contributed by atoms with E-state index in [1.165, 1.54) is 22.3 Å². The van der Waals surface area contributed by atoms with Gasteiger partial charge in [-0.25, -0.2) is 9.97 Å². The lowest BCUT2D eigenvalue weighted by Gasteiger charge is -2.28. The van der Waals surface area contributed by atoms with Crippen LogP contribution >= 0.6 is 0 Å². The molecule has 0 unspecified atom stereocenters. The number of benzene rings is 6. The zero-order valence-corrected chi connectivity index (χ0v) is 24.8. The summed E-state index contributed by atoms with van der Waals surface area (Å²) >= 11 is 0. The molecule has 0 fully saturated rings. The van der Waals surface area contributed by atoms with Crippen molar-refractivity contribution in [1.29, 1.82) is 0 Å². The average Bonchev–Trinajstić information content (AvgIpc) is 3.31. The molecule has 0 spiro atoms. The third kappa shape index (κ3) is 4.28. The molecule has 0 amide bonds. The maximum absolute atomic E-state index is 5.18. The summed E-state index contributed by atoms with van der Waals surface area (Å²) < 4.78 is 0. The minimum atomic E-state index is -0.201. The molecule has 0 aliphatic heterocycles. The number of aromatic nitrogens is 2. The van der Waals surface area contributed by atoms with Gasteiger partial charge in [0.1, 0.15) is 0 Å². The van der Waals surface area contributed by atoms with Gasteiger partial charge in [-0.2, -0.15) is 0 Å². The van der Waals surface area contributed by atoms with Crippen molar-refractivity contribution in [3.63, 3.8) is 0 Å². The molecule has 0 saturated heterocycles. The lowest BCUT2D eigenvalue weighted by atomic mass is 9.81. The standard InChI is InChI=1S/C41H31N3/c1-41(2)35-26-29(40-39(28-14-6-3-7-15-28)42-37-20-12-13-21-38(37)43-40)22-24-33(35)34-25-23-32(27-36(34)41)44(30-16-8-4-9-17-30)31-18-10-5-11-19-31/h3-27H,1-2H3. The van der Waals surface area contributed by atoms with Crippen molar-refractivity contribution in [2.24, 2.45) is 0 Å². The van der Waals surface area contributed by atoms with Crippen molar-refractivity contribution in [2.45, 2.75) is 19.3 Å². The van der Waals surface area contributed by atoms with Gasteiger partial charge in [0.05, 0.1) is 22.4 Å². The smallest absolute Gasteiger partial charge is 0.0973 e. The van der Waals surface area contributed by atoms with E-state index in [2.05, 4.69) is 140 Å². The Morgan fingerprint density at radius 1 is 0.432 bits per heavy atom. The Morgan fingerprint density at radius 2 is 0.909 bits per heavy atom. The Morgan fingerprint density at radius 3 is 1.50 bits per heavy atom. The van der Waals surface area contributed by atoms with Crippen LogP contribution in [-0.4, -0.2) is 9.97 Å². The Balaban J connectivity index is 1.26. The molecule has 3 nitrogen and oxygen atoms in total. The first-order chi connectivity index (χ1) is 21.6. The summed E-state index contributed by atoms with van der Waals surface area (Å²) in [5.41, 5.74) is 14.2. The monoisotopic (exact) mass is 565 g/mol. The molecule has 44 heavy (non-hydrogen) atoms. The van der Waals surface area contributed by atoms with Gasteiger partial charge in [-0.3, -0.25) is 0 Å². The fourth-order valence-electron chi connectivity index (χ4n) is 6.61. The quantitative estimate of drug-likeness (QED) is 0.208. The van der Waals surface area contributed by atoms with Crippen molar-refractivity contribution >= 4 is 28.1 Å². The second-order valence-electron chi connectivity index (χ2n) is 11.9. The molecule has 0 radical (unpaired) electrons. The van der Waals surface area contributed by atoms with Crippen LogP contribution in [0.4, 0.5) is 17.1 Å². The largest absolute Gasteiger partial charge is 0.310 e. The van der Waals surface area contributed by atoms with E-state index >= 15 is 0 Å². The van der Waals surface area contributed by atoms with Gasteiger partial charge in [-0.15, -0.1) is 0 Å². The first-order valence-corrected chi connectivity index (χ1v) is 15.1. The van der Waals surface area contributed by atoms with E-state index in [1.54, 1.807) is 0 Å². The topological polar surface area (TPSA) is 29.0 Å². The molecule has 210 valence electrons. The van der Waals surface area contributed by atoms with Gasteiger partial charge in [-0.1, -0.05) is 111 Å². The minimum Gasteiger partial charge on any atom is -0.310 e. The van der Waals surface area contributed by atoms with Crippen molar-refractivity contribution in [3.8, 4) is 33.6 Å². The van der Waals surface area contributed by atoms with Gasteiger partial charge in [0.25, 0.3) is 0 Å². The fourth-order valence-corrected chi connectivity index (χ4v) is 6.61. The van der Waals surface area contributed by atoms with Crippen molar-refractivity contribution in [1.82, 2.24) is 9.97 Å². The zero-order valence-electron chi connectivity index (χ0n) is 24.8. The van der Waals surface area contributed by atoms with Crippen LogP contribution in [0, 0.1) is 0 Å². The number of anilines is 3. The molecule has 1 aromatic heterocycles. The molecule has 1 aliphatic rings. The maximum atomic E-state index is 5.18. The predicted octanol–water partition coefficient (Wildman–Crippen LogP) is 10.7. The average molecular weight is 566 g/mol. The molecule has 0 N–H and O–H groups in total.